The van der Waals surface area contributed by atoms with Crippen LogP contribution < -0.4 is 4.74 Å². The van der Waals surface area contributed by atoms with Crippen molar-refractivity contribution >= 4 is 20.4 Å². The van der Waals surface area contributed by atoms with E-state index in [0.717, 1.165) is 20.4 Å². The van der Waals surface area contributed by atoms with Crippen molar-refractivity contribution in [2.24, 2.45) is 0 Å². The van der Waals surface area contributed by atoms with Gasteiger partial charge < -0.3 is 4.74 Å². The quantitative estimate of drug-likeness (QED) is 0.421. The fourth-order valence-electron chi connectivity index (χ4n) is 3.01. The Morgan fingerprint density at radius 2 is 1.13 bits per heavy atom. The van der Waals surface area contributed by atoms with Gasteiger partial charge in [-0.15, -0.1) is 0 Å². The fourth-order valence-corrected chi connectivity index (χ4v) is 8.00. The molecule has 0 spiro atoms. The summed E-state index contributed by atoms with van der Waals surface area (Å²) < 4.78 is 37.6. The molecule has 0 radical (unpaired) electrons. The normalized spacial score (nSPS) is 13.1. The average Bonchev–Trinajstić information content (AvgIpc) is 2.73. The molecule has 3 aromatic rings. The molecule has 0 heterocycles. The van der Waals surface area contributed by atoms with Gasteiger partial charge in [-0.1, -0.05) is 36.4 Å². The molecule has 0 amide bonds. The Morgan fingerprint density at radius 3 is 1.53 bits per heavy atom. The van der Waals surface area contributed by atoms with Gasteiger partial charge in [-0.3, -0.25) is 0 Å². The monoisotopic (exact) mass is 444 g/mol. The molecule has 0 atom stereocenters. The highest BCUT2D eigenvalue weighted by molar-refractivity contribution is 8.33. The zero-order valence-electron chi connectivity index (χ0n) is 17.7. The predicted molar refractivity (Wildman–Crippen MR) is 123 cm³/mol. The highest BCUT2D eigenvalue weighted by atomic mass is 32.3. The Balaban J connectivity index is 2.25. The van der Waals surface area contributed by atoms with E-state index in [1.807, 2.05) is 106 Å². The smallest absolute Gasteiger partial charge is 0.277 e. The molecule has 4 nitrogen and oxygen atoms in total. The average molecular weight is 445 g/mol. The zero-order valence-corrected chi connectivity index (χ0v) is 19.4. The van der Waals surface area contributed by atoms with E-state index in [1.54, 1.807) is 6.92 Å². The van der Waals surface area contributed by atoms with Gasteiger partial charge >= 0.3 is 0 Å². The first-order chi connectivity index (χ1) is 14.2. The summed E-state index contributed by atoms with van der Waals surface area (Å²) in [5.41, 5.74) is -0.327. The van der Waals surface area contributed by atoms with Crippen LogP contribution in [-0.4, -0.2) is 19.8 Å². The number of rotatable bonds is 7. The van der Waals surface area contributed by atoms with Gasteiger partial charge in [0.2, 0.25) is 0 Å². The van der Waals surface area contributed by atoms with Crippen LogP contribution in [0.4, 0.5) is 0 Å². The molecule has 0 fully saturated rings. The largest absolute Gasteiger partial charge is 0.488 e. The molecule has 160 valence electrons. The van der Waals surface area contributed by atoms with Crippen molar-refractivity contribution in [1.82, 2.24) is 0 Å². The highest BCUT2D eigenvalue weighted by Crippen LogP contribution is 2.70. The molecule has 30 heavy (non-hydrogen) atoms. The minimum atomic E-state index is -3.75. The van der Waals surface area contributed by atoms with Crippen molar-refractivity contribution < 1.29 is 16.8 Å². The van der Waals surface area contributed by atoms with Gasteiger partial charge in [0, 0.05) is 14.7 Å². The maximum atomic E-state index is 12.8. The summed E-state index contributed by atoms with van der Waals surface area (Å²) in [5, 5.41) is 0. The molecular weight excluding hydrogens is 416 g/mol. The molecule has 0 bridgehead atoms. The molecule has 6 heteroatoms. The maximum Gasteiger partial charge on any atom is 0.277 e. The molecule has 0 saturated heterocycles. The van der Waals surface area contributed by atoms with Crippen LogP contribution in [0.2, 0.25) is 0 Å². The Labute approximate surface area is 181 Å². The molecule has 0 aliphatic heterocycles. The molecular formula is C24H28O4S2. The molecule has 0 unspecified atom stereocenters. The molecule has 0 saturated carbocycles. The van der Waals surface area contributed by atoms with Gasteiger partial charge in [-0.2, -0.15) is 8.42 Å². The van der Waals surface area contributed by atoms with E-state index in [9.17, 15) is 8.42 Å². The van der Waals surface area contributed by atoms with Crippen molar-refractivity contribution in [1.29, 1.82) is 0 Å². The Kier molecular flexibility index (Phi) is 6.60. The summed E-state index contributed by atoms with van der Waals surface area (Å²) >= 11 is 0. The second kappa shape index (κ2) is 8.84. The zero-order chi connectivity index (χ0) is 21.8. The predicted octanol–water partition coefficient (Wildman–Crippen LogP) is 6.43. The number of hydrogen-bond donors (Lipinski definition) is 0. The van der Waals surface area contributed by atoms with Crippen LogP contribution in [0.5, 0.6) is 5.75 Å². The topological polar surface area (TPSA) is 52.6 Å². The van der Waals surface area contributed by atoms with E-state index in [2.05, 4.69) is 0 Å². The molecule has 0 aromatic heterocycles. The summed E-state index contributed by atoms with van der Waals surface area (Å²) in [7, 11) is -6.26. The second-order valence-electron chi connectivity index (χ2n) is 7.78. The summed E-state index contributed by atoms with van der Waals surface area (Å²) in [6, 6.07) is 26.7. The lowest BCUT2D eigenvalue weighted by Crippen LogP contribution is -2.22. The highest BCUT2D eigenvalue weighted by Gasteiger charge is 2.37. The van der Waals surface area contributed by atoms with E-state index in [1.165, 1.54) is 0 Å². The third-order valence-corrected chi connectivity index (χ3v) is 9.45. The Hall–Kier alpha value is -2.28. The van der Waals surface area contributed by atoms with Crippen LogP contribution >= 0.6 is 10.3 Å². The van der Waals surface area contributed by atoms with Gasteiger partial charge in [-0.05, 0) is 86.5 Å². The van der Waals surface area contributed by atoms with Gasteiger partial charge in [0.15, 0.2) is 0 Å². The third-order valence-electron chi connectivity index (χ3n) is 4.29. The number of benzene rings is 3. The van der Waals surface area contributed by atoms with Crippen LogP contribution in [0.3, 0.4) is 0 Å². The van der Waals surface area contributed by atoms with Crippen LogP contribution in [0.25, 0.3) is 0 Å². The van der Waals surface area contributed by atoms with Crippen LogP contribution in [-0.2, 0) is 13.7 Å². The Morgan fingerprint density at radius 1 is 0.700 bits per heavy atom. The minimum Gasteiger partial charge on any atom is -0.488 e. The first kappa shape index (κ1) is 22.4. The lowest BCUT2D eigenvalue weighted by molar-refractivity contribution is 0.131. The van der Waals surface area contributed by atoms with E-state index in [4.69, 9.17) is 8.37 Å². The summed E-state index contributed by atoms with van der Waals surface area (Å²) in [6.07, 6.45) is 0. The van der Waals surface area contributed by atoms with Crippen molar-refractivity contribution in [3.8, 4) is 5.75 Å². The van der Waals surface area contributed by atoms with E-state index in [-0.39, 0.29) is 11.4 Å². The molecule has 3 rings (SSSR count). The first-order valence-electron chi connectivity index (χ1n) is 9.83. The van der Waals surface area contributed by atoms with Crippen molar-refractivity contribution in [2.75, 3.05) is 5.75 Å². The summed E-state index contributed by atoms with van der Waals surface area (Å²) in [6.45, 7) is 7.56. The fraction of sp³-hybridized carbons (Fsp3) is 0.250. The Bertz CT molecular complexity index is 1020. The van der Waals surface area contributed by atoms with E-state index >= 15 is 0 Å². The van der Waals surface area contributed by atoms with E-state index < -0.39 is 20.4 Å². The van der Waals surface area contributed by atoms with Crippen molar-refractivity contribution in [3.63, 3.8) is 0 Å². The van der Waals surface area contributed by atoms with Crippen molar-refractivity contribution in [2.45, 2.75) is 48.0 Å². The van der Waals surface area contributed by atoms with Gasteiger partial charge in [0.25, 0.3) is 10.1 Å². The molecule has 3 aromatic carbocycles. The van der Waals surface area contributed by atoms with Gasteiger partial charge in [-0.25, -0.2) is 3.63 Å². The van der Waals surface area contributed by atoms with Gasteiger partial charge in [0.05, 0.1) is 5.75 Å². The van der Waals surface area contributed by atoms with Crippen LogP contribution in [0, 0.1) is 0 Å². The number of ether oxygens (including phenoxy) is 1. The second-order valence-corrected chi connectivity index (χ2v) is 12.5. The van der Waals surface area contributed by atoms with E-state index in [0.29, 0.717) is 0 Å². The van der Waals surface area contributed by atoms with Gasteiger partial charge in [0.1, 0.15) is 11.4 Å². The third kappa shape index (κ3) is 5.06. The standard InChI is InChI=1S/C24H28O4S2/c1-5-29(25,26)28-30(21-12-8-6-9-13-21,22-14-10-7-11-15-22)23-18-16-20(17-19-23)27-24(2,3)4/h6-19H,5H2,1-4H3. The minimum absolute atomic E-state index is 0.105. The van der Waals surface area contributed by atoms with Crippen LogP contribution in [0.1, 0.15) is 27.7 Å². The molecule has 0 aliphatic carbocycles. The maximum absolute atomic E-state index is 12.8. The summed E-state index contributed by atoms with van der Waals surface area (Å²) in [5.74, 6) is 0.617. The lowest BCUT2D eigenvalue weighted by atomic mass is 10.2. The van der Waals surface area contributed by atoms with Crippen molar-refractivity contribution in [3.05, 3.63) is 84.9 Å². The molecule has 0 aliphatic rings. The van der Waals surface area contributed by atoms with Crippen LogP contribution in [0.15, 0.2) is 99.6 Å². The molecule has 0 N–H and O–H groups in total. The first-order valence-corrected chi connectivity index (χ1v) is 13.0. The lowest BCUT2D eigenvalue weighted by Gasteiger charge is -2.39. The number of hydrogen-bond acceptors (Lipinski definition) is 4. The SMILES string of the molecule is CCS(=O)(=O)OS(c1ccccc1)(c1ccccc1)c1ccc(OC(C)(C)C)cc1. The summed E-state index contributed by atoms with van der Waals surface area (Å²) in [4.78, 5) is 2.42.